The van der Waals surface area contributed by atoms with E-state index in [-0.39, 0.29) is 5.91 Å². The van der Waals surface area contributed by atoms with Gasteiger partial charge in [0, 0.05) is 31.0 Å². The molecule has 0 fully saturated rings. The molecule has 0 aromatic heterocycles. The molecule has 0 aliphatic rings. The van der Waals surface area contributed by atoms with Gasteiger partial charge in [0.25, 0.3) is 0 Å². The summed E-state index contributed by atoms with van der Waals surface area (Å²) in [5.74, 6) is 1.11. The van der Waals surface area contributed by atoms with Crippen molar-refractivity contribution in [1.29, 1.82) is 0 Å². The van der Waals surface area contributed by atoms with Gasteiger partial charge in [0.05, 0.1) is 0 Å². The Morgan fingerprint density at radius 3 is 2.50 bits per heavy atom. The Balaban J connectivity index is 2.55. The van der Waals surface area contributed by atoms with Gasteiger partial charge in [-0.3, -0.25) is 9.69 Å². The first-order valence-corrected chi connectivity index (χ1v) is 7.48. The van der Waals surface area contributed by atoms with Crippen LogP contribution in [0.3, 0.4) is 0 Å². The van der Waals surface area contributed by atoms with E-state index >= 15 is 0 Å². The largest absolute Gasteiger partial charge is 0.326 e. The molecule has 0 aliphatic heterocycles. The average Bonchev–Trinajstić information content (AvgIpc) is 2.31. The summed E-state index contributed by atoms with van der Waals surface area (Å²) in [5, 5.41) is 2.77. The summed E-state index contributed by atoms with van der Waals surface area (Å²) < 4.78 is 0. The molecule has 18 heavy (non-hydrogen) atoms. The van der Waals surface area contributed by atoms with Crippen LogP contribution in [-0.2, 0) is 11.3 Å². The Morgan fingerprint density at radius 2 is 2.00 bits per heavy atom. The maximum atomic E-state index is 10.9. The van der Waals surface area contributed by atoms with Crippen LogP contribution in [0, 0.1) is 0 Å². The number of carbonyl (C=O) groups excluding carboxylic acids is 1. The molecule has 1 rings (SSSR count). The quantitative estimate of drug-likeness (QED) is 0.859. The summed E-state index contributed by atoms with van der Waals surface area (Å²) >= 11 is 1.87. The molecule has 4 heteroatoms. The lowest BCUT2D eigenvalue weighted by atomic mass is 10.2. The molecule has 1 aromatic carbocycles. The summed E-state index contributed by atoms with van der Waals surface area (Å²) in [7, 11) is 2.14. The van der Waals surface area contributed by atoms with Crippen molar-refractivity contribution in [2.45, 2.75) is 26.4 Å². The zero-order valence-corrected chi connectivity index (χ0v) is 12.4. The van der Waals surface area contributed by atoms with Crippen LogP contribution in [-0.4, -0.2) is 35.9 Å². The highest BCUT2D eigenvalue weighted by molar-refractivity contribution is 7.98. The van der Waals surface area contributed by atoms with Gasteiger partial charge in [-0.15, -0.1) is 0 Å². The molecule has 0 radical (unpaired) electrons. The molecule has 0 bridgehead atoms. The van der Waals surface area contributed by atoms with Crippen molar-refractivity contribution in [1.82, 2.24) is 4.90 Å². The molecule has 100 valence electrons. The fourth-order valence-corrected chi connectivity index (χ4v) is 2.45. The van der Waals surface area contributed by atoms with Gasteiger partial charge in [0.2, 0.25) is 5.91 Å². The van der Waals surface area contributed by atoms with Crippen LogP contribution in [0.1, 0.15) is 19.4 Å². The van der Waals surface area contributed by atoms with Crippen molar-refractivity contribution in [2.75, 3.05) is 24.4 Å². The second-order valence-corrected chi connectivity index (χ2v) is 5.51. The molecule has 1 atom stereocenters. The van der Waals surface area contributed by atoms with E-state index in [0.29, 0.717) is 6.04 Å². The molecule has 1 aromatic rings. The third-order valence-electron chi connectivity index (χ3n) is 2.87. The maximum Gasteiger partial charge on any atom is 0.221 e. The zero-order valence-electron chi connectivity index (χ0n) is 11.6. The fraction of sp³-hybridized carbons (Fsp3) is 0.500. The SMILES string of the molecule is CSC[C@H](C)N(C)Cc1ccc(NC(C)=O)cc1. The van der Waals surface area contributed by atoms with Crippen LogP contribution >= 0.6 is 11.8 Å². The van der Waals surface area contributed by atoms with E-state index in [0.717, 1.165) is 18.0 Å². The van der Waals surface area contributed by atoms with Crippen molar-refractivity contribution in [3.63, 3.8) is 0 Å². The molecule has 0 spiro atoms. The van der Waals surface area contributed by atoms with E-state index in [4.69, 9.17) is 0 Å². The molecule has 0 unspecified atom stereocenters. The first-order chi connectivity index (χ1) is 8.52. The van der Waals surface area contributed by atoms with E-state index in [9.17, 15) is 4.79 Å². The van der Waals surface area contributed by atoms with Gasteiger partial charge in [-0.25, -0.2) is 0 Å². The Morgan fingerprint density at radius 1 is 1.39 bits per heavy atom. The normalized spacial score (nSPS) is 12.5. The molecule has 1 amide bonds. The summed E-state index contributed by atoms with van der Waals surface area (Å²) in [6.45, 7) is 4.69. The van der Waals surface area contributed by atoms with Crippen molar-refractivity contribution in [3.05, 3.63) is 29.8 Å². The molecule has 0 saturated carbocycles. The third kappa shape index (κ3) is 5.10. The molecule has 0 heterocycles. The van der Waals surface area contributed by atoms with E-state index in [2.05, 4.69) is 42.6 Å². The predicted octanol–water partition coefficient (Wildman–Crippen LogP) is 2.83. The Kier molecular flexibility index (Phi) is 6.22. The second kappa shape index (κ2) is 7.44. The summed E-state index contributed by atoms with van der Waals surface area (Å²) in [4.78, 5) is 13.3. The fourth-order valence-electron chi connectivity index (χ4n) is 1.71. The molecule has 0 saturated heterocycles. The van der Waals surface area contributed by atoms with Gasteiger partial charge in [0.1, 0.15) is 0 Å². The number of nitrogens with zero attached hydrogens (tertiary/aromatic N) is 1. The van der Waals surface area contributed by atoms with Crippen molar-refractivity contribution >= 4 is 23.4 Å². The van der Waals surface area contributed by atoms with Crippen LogP contribution < -0.4 is 5.32 Å². The van der Waals surface area contributed by atoms with Gasteiger partial charge in [0.15, 0.2) is 0 Å². The van der Waals surface area contributed by atoms with Crippen LogP contribution in [0.4, 0.5) is 5.69 Å². The average molecular weight is 266 g/mol. The van der Waals surface area contributed by atoms with Crippen molar-refractivity contribution < 1.29 is 4.79 Å². The monoisotopic (exact) mass is 266 g/mol. The van der Waals surface area contributed by atoms with Crippen LogP contribution in [0.15, 0.2) is 24.3 Å². The van der Waals surface area contributed by atoms with E-state index in [1.807, 2.05) is 23.9 Å². The standard InChI is InChI=1S/C14H22N2OS/c1-11(10-18-4)16(3)9-13-5-7-14(8-6-13)15-12(2)17/h5-8,11H,9-10H2,1-4H3,(H,15,17)/t11-/m0/s1. The molecule has 1 N–H and O–H groups in total. The smallest absolute Gasteiger partial charge is 0.221 e. The minimum absolute atomic E-state index is 0.0338. The first-order valence-electron chi connectivity index (χ1n) is 6.08. The summed E-state index contributed by atoms with van der Waals surface area (Å²) in [6.07, 6.45) is 2.13. The van der Waals surface area contributed by atoms with E-state index < -0.39 is 0 Å². The lowest BCUT2D eigenvalue weighted by molar-refractivity contribution is -0.114. The number of amides is 1. The van der Waals surface area contributed by atoms with Gasteiger partial charge >= 0.3 is 0 Å². The topological polar surface area (TPSA) is 32.3 Å². The number of nitrogens with one attached hydrogen (secondary N) is 1. The highest BCUT2D eigenvalue weighted by atomic mass is 32.2. The molecular formula is C14H22N2OS. The van der Waals surface area contributed by atoms with E-state index in [1.165, 1.54) is 12.5 Å². The van der Waals surface area contributed by atoms with Gasteiger partial charge in [-0.2, -0.15) is 11.8 Å². The number of rotatable bonds is 6. The predicted molar refractivity (Wildman–Crippen MR) is 80.1 cm³/mol. The summed E-state index contributed by atoms with van der Waals surface area (Å²) in [5.41, 5.74) is 2.12. The zero-order chi connectivity index (χ0) is 13.5. The number of anilines is 1. The Bertz CT molecular complexity index is 378. The number of benzene rings is 1. The van der Waals surface area contributed by atoms with Crippen molar-refractivity contribution in [2.24, 2.45) is 0 Å². The lowest BCUT2D eigenvalue weighted by Gasteiger charge is -2.24. The number of carbonyl (C=O) groups is 1. The molecule has 0 aliphatic carbocycles. The first kappa shape index (κ1) is 15.1. The van der Waals surface area contributed by atoms with Crippen molar-refractivity contribution in [3.8, 4) is 0 Å². The lowest BCUT2D eigenvalue weighted by Crippen LogP contribution is -2.30. The Hall–Kier alpha value is -1.00. The van der Waals surface area contributed by atoms with Gasteiger partial charge < -0.3 is 5.32 Å². The Labute approximate surface area is 114 Å². The highest BCUT2D eigenvalue weighted by Gasteiger charge is 2.08. The number of hydrogen-bond donors (Lipinski definition) is 1. The summed E-state index contributed by atoms with van der Waals surface area (Å²) in [6, 6.07) is 8.59. The molecule has 3 nitrogen and oxygen atoms in total. The van der Waals surface area contributed by atoms with Crippen LogP contribution in [0.25, 0.3) is 0 Å². The number of thioether (sulfide) groups is 1. The van der Waals surface area contributed by atoms with Gasteiger partial charge in [-0.1, -0.05) is 12.1 Å². The van der Waals surface area contributed by atoms with Crippen LogP contribution in [0.5, 0.6) is 0 Å². The minimum atomic E-state index is -0.0338. The maximum absolute atomic E-state index is 10.9. The molecular weight excluding hydrogens is 244 g/mol. The van der Waals surface area contributed by atoms with Gasteiger partial charge in [-0.05, 0) is 37.9 Å². The van der Waals surface area contributed by atoms with E-state index in [1.54, 1.807) is 0 Å². The minimum Gasteiger partial charge on any atom is -0.326 e. The second-order valence-electron chi connectivity index (χ2n) is 4.60. The highest BCUT2D eigenvalue weighted by Crippen LogP contribution is 2.13. The number of hydrogen-bond acceptors (Lipinski definition) is 3. The van der Waals surface area contributed by atoms with Crippen LogP contribution in [0.2, 0.25) is 0 Å². The third-order valence-corrected chi connectivity index (χ3v) is 3.68.